The molecule has 0 aliphatic rings. The van der Waals surface area contributed by atoms with Gasteiger partial charge in [-0.3, -0.25) is 0 Å². The molecule has 0 atom stereocenters. The SMILES string of the molecule is OC(Cn1cc(C(F)(F)F)nn1)Cn1cc(C(F)(F)F)nn1. The first-order valence-electron chi connectivity index (χ1n) is 5.68. The van der Waals surface area contributed by atoms with Crippen LogP contribution in [0.25, 0.3) is 0 Å². The lowest BCUT2D eigenvalue weighted by Gasteiger charge is -2.09. The molecule has 0 saturated heterocycles. The Hall–Kier alpha value is -2.18. The van der Waals surface area contributed by atoms with Gasteiger partial charge in [0.1, 0.15) is 0 Å². The van der Waals surface area contributed by atoms with Crippen LogP contribution < -0.4 is 0 Å². The second-order valence-corrected chi connectivity index (χ2v) is 4.30. The Balaban J connectivity index is 1.97. The zero-order valence-corrected chi connectivity index (χ0v) is 10.5. The third kappa shape index (κ3) is 3.93. The zero-order valence-electron chi connectivity index (χ0n) is 10.5. The third-order valence-corrected chi connectivity index (χ3v) is 2.45. The molecule has 0 unspecified atom stereocenters. The van der Waals surface area contributed by atoms with Gasteiger partial charge in [-0.05, 0) is 0 Å². The van der Waals surface area contributed by atoms with Crippen molar-refractivity contribution in [1.29, 1.82) is 0 Å². The highest BCUT2D eigenvalue weighted by atomic mass is 19.4. The number of hydrogen-bond donors (Lipinski definition) is 1. The summed E-state index contributed by atoms with van der Waals surface area (Å²) in [6, 6.07) is 0. The van der Waals surface area contributed by atoms with Crippen LogP contribution in [0.4, 0.5) is 26.3 Å². The molecule has 0 aliphatic heterocycles. The fraction of sp³-hybridized carbons (Fsp3) is 0.556. The van der Waals surface area contributed by atoms with Crippen molar-refractivity contribution in [2.45, 2.75) is 31.5 Å². The monoisotopic (exact) mass is 330 g/mol. The number of aliphatic hydroxyl groups is 1. The first-order valence-corrected chi connectivity index (χ1v) is 5.68. The van der Waals surface area contributed by atoms with E-state index in [9.17, 15) is 31.4 Å². The molecule has 1 N–H and O–H groups in total. The average Bonchev–Trinajstić information content (AvgIpc) is 2.96. The summed E-state index contributed by atoms with van der Waals surface area (Å²) in [6.07, 6.45) is -9.52. The molecule has 2 heterocycles. The van der Waals surface area contributed by atoms with Gasteiger partial charge in [-0.2, -0.15) is 26.3 Å². The van der Waals surface area contributed by atoms with Crippen molar-refractivity contribution in [3.05, 3.63) is 23.8 Å². The third-order valence-electron chi connectivity index (χ3n) is 2.45. The highest BCUT2D eigenvalue weighted by Gasteiger charge is 2.35. The molecule has 0 bridgehead atoms. The van der Waals surface area contributed by atoms with Crippen molar-refractivity contribution in [3.8, 4) is 0 Å². The van der Waals surface area contributed by atoms with Crippen molar-refractivity contribution >= 4 is 0 Å². The van der Waals surface area contributed by atoms with Crippen molar-refractivity contribution < 1.29 is 31.4 Å². The number of hydrogen-bond acceptors (Lipinski definition) is 5. The minimum atomic E-state index is -4.67. The molecule has 22 heavy (non-hydrogen) atoms. The molecule has 7 nitrogen and oxygen atoms in total. The Kier molecular flexibility index (Phi) is 4.08. The predicted octanol–water partition coefficient (Wildman–Crippen LogP) is 0.968. The van der Waals surface area contributed by atoms with E-state index < -0.39 is 42.9 Å². The van der Waals surface area contributed by atoms with Crippen LogP contribution in [-0.2, 0) is 25.4 Å². The van der Waals surface area contributed by atoms with Crippen molar-refractivity contribution in [3.63, 3.8) is 0 Å². The highest BCUT2D eigenvalue weighted by Crippen LogP contribution is 2.27. The van der Waals surface area contributed by atoms with Crippen LogP contribution in [0.15, 0.2) is 12.4 Å². The second kappa shape index (κ2) is 5.55. The number of aromatic nitrogens is 6. The van der Waals surface area contributed by atoms with Crippen molar-refractivity contribution in [1.82, 2.24) is 30.0 Å². The topological polar surface area (TPSA) is 81.6 Å². The Morgan fingerprint density at radius 1 is 0.864 bits per heavy atom. The summed E-state index contributed by atoms with van der Waals surface area (Å²) in [5, 5.41) is 21.7. The number of halogens is 6. The normalized spacial score (nSPS) is 13.1. The lowest BCUT2D eigenvalue weighted by atomic mass is 10.3. The van der Waals surface area contributed by atoms with Crippen LogP contribution in [0, 0.1) is 0 Å². The molecular formula is C9H8F6N6O. The molecule has 0 amide bonds. The van der Waals surface area contributed by atoms with Crippen LogP contribution in [-0.4, -0.2) is 41.2 Å². The van der Waals surface area contributed by atoms with E-state index in [0.717, 1.165) is 9.36 Å². The molecule has 0 fully saturated rings. The highest BCUT2D eigenvalue weighted by molar-refractivity contribution is 4.98. The Morgan fingerprint density at radius 2 is 1.23 bits per heavy atom. The van der Waals surface area contributed by atoms with E-state index >= 15 is 0 Å². The fourth-order valence-corrected chi connectivity index (χ4v) is 1.52. The minimum Gasteiger partial charge on any atom is -0.389 e. The first-order chi connectivity index (χ1) is 10.1. The van der Waals surface area contributed by atoms with Crippen LogP contribution in [0.3, 0.4) is 0 Å². The summed E-state index contributed by atoms with van der Waals surface area (Å²) in [6.45, 7) is -0.797. The number of rotatable bonds is 4. The summed E-state index contributed by atoms with van der Waals surface area (Å²) < 4.78 is 75.2. The predicted molar refractivity (Wildman–Crippen MR) is 56.1 cm³/mol. The van der Waals surface area contributed by atoms with E-state index in [1.807, 2.05) is 0 Å². The number of alkyl halides is 6. The Labute approximate surface area is 118 Å². The van der Waals surface area contributed by atoms with E-state index in [0.29, 0.717) is 12.4 Å². The fourth-order valence-electron chi connectivity index (χ4n) is 1.52. The van der Waals surface area contributed by atoms with Gasteiger partial charge >= 0.3 is 12.4 Å². The van der Waals surface area contributed by atoms with Crippen LogP contribution in [0.5, 0.6) is 0 Å². The van der Waals surface area contributed by atoms with Crippen LogP contribution >= 0.6 is 0 Å². The van der Waals surface area contributed by atoms with Gasteiger partial charge in [-0.15, -0.1) is 10.2 Å². The van der Waals surface area contributed by atoms with Crippen molar-refractivity contribution in [2.24, 2.45) is 0 Å². The maximum atomic E-state index is 12.3. The van der Waals surface area contributed by atoms with Gasteiger partial charge in [-0.25, -0.2) is 9.36 Å². The summed E-state index contributed by atoms with van der Waals surface area (Å²) in [7, 11) is 0. The molecule has 2 aromatic rings. The molecule has 122 valence electrons. The van der Waals surface area contributed by atoms with E-state index in [1.54, 1.807) is 0 Å². The largest absolute Gasteiger partial charge is 0.436 e. The number of nitrogens with zero attached hydrogens (tertiary/aromatic N) is 6. The zero-order chi connectivity index (χ0) is 16.5. The van der Waals surface area contributed by atoms with Crippen LogP contribution in [0.2, 0.25) is 0 Å². The van der Waals surface area contributed by atoms with Gasteiger partial charge in [0, 0.05) is 0 Å². The van der Waals surface area contributed by atoms with Gasteiger partial charge < -0.3 is 5.11 Å². The maximum absolute atomic E-state index is 12.3. The van der Waals surface area contributed by atoms with E-state index in [4.69, 9.17) is 0 Å². The molecule has 0 saturated carbocycles. The molecule has 13 heteroatoms. The average molecular weight is 330 g/mol. The summed E-state index contributed by atoms with van der Waals surface area (Å²) in [5.41, 5.74) is -2.47. The molecule has 0 radical (unpaired) electrons. The quantitative estimate of drug-likeness (QED) is 0.845. The summed E-state index contributed by atoms with van der Waals surface area (Å²) in [5.74, 6) is 0. The lowest BCUT2D eigenvalue weighted by molar-refractivity contribution is -0.142. The van der Waals surface area contributed by atoms with Gasteiger partial charge in [0.2, 0.25) is 0 Å². The second-order valence-electron chi connectivity index (χ2n) is 4.30. The summed E-state index contributed by atoms with van der Waals surface area (Å²) >= 11 is 0. The van der Waals surface area contributed by atoms with Gasteiger partial charge in [0.05, 0.1) is 31.6 Å². The minimum absolute atomic E-state index is 0.399. The Bertz CT molecular complexity index is 577. The van der Waals surface area contributed by atoms with Gasteiger partial charge in [0.25, 0.3) is 0 Å². The van der Waals surface area contributed by atoms with E-state index in [2.05, 4.69) is 20.6 Å². The van der Waals surface area contributed by atoms with E-state index in [1.165, 1.54) is 0 Å². The molecule has 0 aromatic carbocycles. The molecular weight excluding hydrogens is 322 g/mol. The standard InChI is InChI=1S/C9H8F6N6O/c10-8(11,12)6-3-20(18-16-6)1-5(22)2-21-4-7(17-19-21)9(13,14)15/h3-5,22H,1-2H2. The molecule has 0 spiro atoms. The summed E-state index contributed by atoms with van der Waals surface area (Å²) in [4.78, 5) is 0. The van der Waals surface area contributed by atoms with Gasteiger partial charge in [-0.1, -0.05) is 10.4 Å². The van der Waals surface area contributed by atoms with Gasteiger partial charge in [0.15, 0.2) is 11.4 Å². The van der Waals surface area contributed by atoms with Crippen molar-refractivity contribution in [2.75, 3.05) is 0 Å². The van der Waals surface area contributed by atoms with Crippen LogP contribution in [0.1, 0.15) is 11.4 Å². The molecule has 0 aliphatic carbocycles. The van der Waals surface area contributed by atoms with E-state index in [-0.39, 0.29) is 0 Å². The molecule has 2 aromatic heterocycles. The smallest absolute Gasteiger partial charge is 0.389 e. The number of aliphatic hydroxyl groups excluding tert-OH is 1. The lowest BCUT2D eigenvalue weighted by Crippen LogP contribution is -2.23. The maximum Gasteiger partial charge on any atom is 0.436 e. The first kappa shape index (κ1) is 16.2. The molecule has 2 rings (SSSR count). The Morgan fingerprint density at radius 3 is 1.50 bits per heavy atom.